The standard InChI is InChI=1S/C24H34N2O4S/c1-5-13-25(4)16-23-18(2)15-26(19(3)17-27)31(28,29)24-12-11-21(14-22(24)30-23)20-9-7-6-8-10-20/h6-12,14,18-19,23,27H,5,13,15-17H2,1-4H3/t18-,19-,23+/m1/s1. The Kier molecular flexibility index (Phi) is 7.75. The van der Waals surface area contributed by atoms with E-state index in [0.29, 0.717) is 18.8 Å². The molecule has 0 bridgehead atoms. The van der Waals surface area contributed by atoms with Gasteiger partial charge in [0.2, 0.25) is 10.0 Å². The lowest BCUT2D eigenvalue weighted by molar-refractivity contribution is 0.0753. The molecule has 0 saturated carbocycles. The molecule has 0 radical (unpaired) electrons. The molecule has 0 unspecified atom stereocenters. The van der Waals surface area contributed by atoms with Gasteiger partial charge < -0.3 is 14.7 Å². The maximum atomic E-state index is 13.5. The van der Waals surface area contributed by atoms with E-state index in [1.54, 1.807) is 13.0 Å². The van der Waals surface area contributed by atoms with Crippen molar-refractivity contribution in [2.45, 2.75) is 44.2 Å². The molecule has 170 valence electrons. The van der Waals surface area contributed by atoms with Crippen molar-refractivity contribution in [2.24, 2.45) is 5.92 Å². The van der Waals surface area contributed by atoms with Gasteiger partial charge in [-0.3, -0.25) is 0 Å². The molecule has 0 fully saturated rings. The highest BCUT2D eigenvalue weighted by Crippen LogP contribution is 2.36. The molecule has 0 spiro atoms. The van der Waals surface area contributed by atoms with Crippen LogP contribution in [0, 0.1) is 5.92 Å². The first-order chi connectivity index (χ1) is 14.8. The number of likely N-dealkylation sites (N-methyl/N-ethyl adjacent to an activating group) is 1. The van der Waals surface area contributed by atoms with Crippen LogP contribution in [-0.4, -0.2) is 68.2 Å². The summed E-state index contributed by atoms with van der Waals surface area (Å²) in [5.74, 6) is 0.328. The predicted molar refractivity (Wildman–Crippen MR) is 124 cm³/mol. The van der Waals surface area contributed by atoms with Crippen molar-refractivity contribution in [3.63, 3.8) is 0 Å². The lowest BCUT2D eigenvalue weighted by atomic mass is 10.0. The van der Waals surface area contributed by atoms with Gasteiger partial charge in [0.25, 0.3) is 0 Å². The summed E-state index contributed by atoms with van der Waals surface area (Å²) in [5.41, 5.74) is 1.91. The Morgan fingerprint density at radius 3 is 2.55 bits per heavy atom. The van der Waals surface area contributed by atoms with Crippen molar-refractivity contribution in [2.75, 3.05) is 33.3 Å². The van der Waals surface area contributed by atoms with Gasteiger partial charge in [-0.05, 0) is 50.2 Å². The van der Waals surface area contributed by atoms with E-state index >= 15 is 0 Å². The van der Waals surface area contributed by atoms with E-state index in [1.807, 2.05) is 49.4 Å². The molecule has 3 rings (SSSR count). The maximum Gasteiger partial charge on any atom is 0.247 e. The van der Waals surface area contributed by atoms with Crippen LogP contribution in [0.5, 0.6) is 5.75 Å². The molecule has 1 aliphatic rings. The Morgan fingerprint density at radius 2 is 1.90 bits per heavy atom. The van der Waals surface area contributed by atoms with Gasteiger partial charge in [0.05, 0.1) is 6.61 Å². The van der Waals surface area contributed by atoms with E-state index < -0.39 is 16.1 Å². The van der Waals surface area contributed by atoms with Crippen LogP contribution in [-0.2, 0) is 10.0 Å². The van der Waals surface area contributed by atoms with E-state index in [9.17, 15) is 13.5 Å². The maximum absolute atomic E-state index is 13.5. The first-order valence-corrected chi connectivity index (χ1v) is 12.4. The molecule has 6 nitrogen and oxygen atoms in total. The summed E-state index contributed by atoms with van der Waals surface area (Å²) >= 11 is 0. The van der Waals surface area contributed by atoms with Crippen LogP contribution in [0.4, 0.5) is 0 Å². The minimum Gasteiger partial charge on any atom is -0.487 e. The third-order valence-electron chi connectivity index (χ3n) is 5.87. The third-order valence-corrected chi connectivity index (χ3v) is 7.89. The van der Waals surface area contributed by atoms with Crippen molar-refractivity contribution in [3.8, 4) is 16.9 Å². The largest absolute Gasteiger partial charge is 0.487 e. The number of sulfonamides is 1. The molecule has 1 aliphatic heterocycles. The highest BCUT2D eigenvalue weighted by molar-refractivity contribution is 7.89. The molecule has 0 aromatic heterocycles. The smallest absolute Gasteiger partial charge is 0.247 e. The minimum absolute atomic E-state index is 0.0448. The number of fused-ring (bicyclic) bond motifs is 1. The number of rotatable bonds is 7. The highest BCUT2D eigenvalue weighted by Gasteiger charge is 2.38. The second kappa shape index (κ2) is 10.1. The summed E-state index contributed by atoms with van der Waals surface area (Å²) in [7, 11) is -1.75. The van der Waals surface area contributed by atoms with Crippen LogP contribution < -0.4 is 4.74 Å². The molecule has 2 aromatic carbocycles. The Balaban J connectivity index is 2.10. The first-order valence-electron chi connectivity index (χ1n) is 10.9. The van der Waals surface area contributed by atoms with E-state index in [0.717, 1.165) is 24.1 Å². The van der Waals surface area contributed by atoms with Crippen molar-refractivity contribution in [3.05, 3.63) is 48.5 Å². The molecule has 0 amide bonds. The molecule has 1 heterocycles. The third kappa shape index (κ3) is 5.29. The number of benzene rings is 2. The van der Waals surface area contributed by atoms with Crippen LogP contribution in [0.1, 0.15) is 27.2 Å². The normalized spacial score (nSPS) is 22.3. The lowest BCUT2D eigenvalue weighted by Gasteiger charge is -2.37. The number of hydrogen-bond acceptors (Lipinski definition) is 5. The van der Waals surface area contributed by atoms with Gasteiger partial charge in [-0.25, -0.2) is 8.42 Å². The van der Waals surface area contributed by atoms with Gasteiger partial charge in [0.1, 0.15) is 16.7 Å². The fourth-order valence-electron chi connectivity index (χ4n) is 4.03. The van der Waals surface area contributed by atoms with Gasteiger partial charge in [-0.15, -0.1) is 0 Å². The number of aliphatic hydroxyl groups excluding tert-OH is 1. The molecule has 1 N–H and O–H groups in total. The van der Waals surface area contributed by atoms with Crippen molar-refractivity contribution < 1.29 is 18.3 Å². The van der Waals surface area contributed by atoms with E-state index in [-0.39, 0.29) is 23.5 Å². The first kappa shape index (κ1) is 23.7. The number of nitrogens with zero attached hydrogens (tertiary/aromatic N) is 2. The molecular weight excluding hydrogens is 412 g/mol. The summed E-state index contributed by atoms with van der Waals surface area (Å²) in [6.45, 7) is 7.60. The fraction of sp³-hybridized carbons (Fsp3) is 0.500. The monoisotopic (exact) mass is 446 g/mol. The average molecular weight is 447 g/mol. The van der Waals surface area contributed by atoms with Crippen LogP contribution in [0.15, 0.2) is 53.4 Å². The minimum atomic E-state index is -3.81. The highest BCUT2D eigenvalue weighted by atomic mass is 32.2. The molecule has 31 heavy (non-hydrogen) atoms. The van der Waals surface area contributed by atoms with E-state index in [1.165, 1.54) is 4.31 Å². The molecule has 0 aliphatic carbocycles. The quantitative estimate of drug-likeness (QED) is 0.705. The molecular formula is C24H34N2O4S. The molecule has 2 aromatic rings. The van der Waals surface area contributed by atoms with Crippen molar-refractivity contribution >= 4 is 10.0 Å². The van der Waals surface area contributed by atoms with Crippen LogP contribution in [0.25, 0.3) is 11.1 Å². The zero-order chi connectivity index (χ0) is 22.6. The van der Waals surface area contributed by atoms with Crippen molar-refractivity contribution in [1.29, 1.82) is 0 Å². The van der Waals surface area contributed by atoms with Crippen LogP contribution in [0.3, 0.4) is 0 Å². The zero-order valence-electron chi connectivity index (χ0n) is 18.9. The second-order valence-corrected chi connectivity index (χ2v) is 10.4. The van der Waals surface area contributed by atoms with Crippen molar-refractivity contribution in [1.82, 2.24) is 9.21 Å². The Hall–Kier alpha value is -1.93. The van der Waals surface area contributed by atoms with E-state index in [4.69, 9.17) is 4.74 Å². The average Bonchev–Trinajstić information content (AvgIpc) is 2.76. The number of hydrogen-bond donors (Lipinski definition) is 1. The fourth-order valence-corrected chi connectivity index (χ4v) is 5.86. The topological polar surface area (TPSA) is 70.1 Å². The lowest BCUT2D eigenvalue weighted by Crippen LogP contribution is -2.49. The van der Waals surface area contributed by atoms with Gasteiger partial charge in [0.15, 0.2) is 0 Å². The van der Waals surface area contributed by atoms with Gasteiger partial charge in [0, 0.05) is 25.0 Å². The molecule has 3 atom stereocenters. The van der Waals surface area contributed by atoms with Crippen LogP contribution in [0.2, 0.25) is 0 Å². The van der Waals surface area contributed by atoms with Crippen LogP contribution >= 0.6 is 0 Å². The summed E-state index contributed by atoms with van der Waals surface area (Å²) in [5, 5.41) is 9.74. The second-order valence-electron chi connectivity index (χ2n) is 8.53. The molecule has 7 heteroatoms. The molecule has 0 saturated heterocycles. The van der Waals surface area contributed by atoms with Gasteiger partial charge in [-0.2, -0.15) is 4.31 Å². The van der Waals surface area contributed by atoms with Gasteiger partial charge in [-0.1, -0.05) is 50.2 Å². The summed E-state index contributed by atoms with van der Waals surface area (Å²) in [4.78, 5) is 2.38. The SMILES string of the molecule is CCCN(C)C[C@@H]1Oc2cc(-c3ccccc3)ccc2S(=O)(=O)N([C@H](C)CO)C[C@H]1C. The summed E-state index contributed by atoms with van der Waals surface area (Å²) in [6.07, 6.45) is 0.860. The Morgan fingerprint density at radius 1 is 1.19 bits per heavy atom. The summed E-state index contributed by atoms with van der Waals surface area (Å²) < 4.78 is 34.9. The van der Waals surface area contributed by atoms with Gasteiger partial charge >= 0.3 is 0 Å². The summed E-state index contributed by atoms with van der Waals surface area (Å²) in [6, 6.07) is 14.6. The zero-order valence-corrected chi connectivity index (χ0v) is 19.7. The number of ether oxygens (including phenoxy) is 1. The predicted octanol–water partition coefficient (Wildman–Crippen LogP) is 3.46. The Labute approximate surface area is 186 Å². The number of aliphatic hydroxyl groups is 1. The Bertz CT molecular complexity index is 965. The van der Waals surface area contributed by atoms with E-state index in [2.05, 4.69) is 18.9 Å².